The van der Waals surface area contributed by atoms with Crippen molar-refractivity contribution in [1.82, 2.24) is 14.9 Å². The van der Waals surface area contributed by atoms with Gasteiger partial charge >= 0.3 is 0 Å². The molecule has 0 spiro atoms. The zero-order chi connectivity index (χ0) is 17.6. The van der Waals surface area contributed by atoms with Gasteiger partial charge < -0.3 is 21.1 Å². The monoisotopic (exact) mass is 362 g/mol. The van der Waals surface area contributed by atoms with E-state index in [2.05, 4.69) is 25.5 Å². The van der Waals surface area contributed by atoms with E-state index in [4.69, 9.17) is 22.1 Å². The largest absolute Gasteiger partial charge is 0.393 e. The molecule has 0 bridgehead atoms. The molecule has 0 amide bonds. The van der Waals surface area contributed by atoms with Crippen molar-refractivity contribution in [3.63, 3.8) is 0 Å². The molecule has 0 atom stereocenters. The molecule has 7 nitrogen and oxygen atoms in total. The second-order valence-corrected chi connectivity index (χ2v) is 6.39. The molecule has 0 aliphatic carbocycles. The van der Waals surface area contributed by atoms with Gasteiger partial charge in [0.2, 0.25) is 0 Å². The lowest BCUT2D eigenvalue weighted by atomic mass is 10.2. The summed E-state index contributed by atoms with van der Waals surface area (Å²) in [6.45, 7) is 7.19. The van der Waals surface area contributed by atoms with Gasteiger partial charge in [0.05, 0.1) is 13.2 Å². The summed E-state index contributed by atoms with van der Waals surface area (Å²) >= 11 is 6.07. The van der Waals surface area contributed by atoms with Gasteiger partial charge in [0.15, 0.2) is 11.6 Å². The van der Waals surface area contributed by atoms with Crippen LogP contribution in [-0.2, 0) is 4.74 Å². The molecule has 1 aliphatic heterocycles. The number of halogens is 1. The first kappa shape index (κ1) is 17.7. The SMILES string of the molecule is Cc1ccc(Cl)cc1Nc1ncnc(NCCN2CCOCC2)c1N. The standard InChI is InChI=1S/C17H23ClN6O/c1-12-2-3-13(18)10-14(12)23-17-15(19)16(21-11-22-17)20-4-5-24-6-8-25-9-7-24/h2-3,10-11H,4-9,19H2,1H3,(H2,20,21,22,23). The average molecular weight is 363 g/mol. The van der Waals surface area contributed by atoms with Crippen molar-refractivity contribution >= 4 is 34.6 Å². The van der Waals surface area contributed by atoms with Crippen LogP contribution >= 0.6 is 11.6 Å². The fourth-order valence-electron chi connectivity index (χ4n) is 2.65. The number of morpholine rings is 1. The Bertz CT molecular complexity index is 720. The van der Waals surface area contributed by atoms with E-state index in [1.54, 1.807) is 0 Å². The minimum atomic E-state index is 0.490. The Morgan fingerprint density at radius 2 is 2.00 bits per heavy atom. The molecule has 0 unspecified atom stereocenters. The molecule has 0 saturated carbocycles. The zero-order valence-electron chi connectivity index (χ0n) is 14.3. The van der Waals surface area contributed by atoms with Crippen molar-refractivity contribution in [2.45, 2.75) is 6.92 Å². The third-order valence-corrected chi connectivity index (χ3v) is 4.40. The van der Waals surface area contributed by atoms with Crippen LogP contribution in [-0.4, -0.2) is 54.3 Å². The number of anilines is 4. The lowest BCUT2D eigenvalue weighted by molar-refractivity contribution is 0.0398. The summed E-state index contributed by atoms with van der Waals surface area (Å²) < 4.78 is 5.35. The number of nitrogen functional groups attached to an aromatic ring is 1. The Balaban J connectivity index is 1.64. The van der Waals surface area contributed by atoms with Gasteiger partial charge in [-0.3, -0.25) is 4.90 Å². The second-order valence-electron chi connectivity index (χ2n) is 5.95. The Kier molecular flexibility index (Phi) is 5.91. The van der Waals surface area contributed by atoms with Gasteiger partial charge in [0.25, 0.3) is 0 Å². The number of aryl methyl sites for hydroxylation is 1. The normalized spacial score (nSPS) is 15.1. The van der Waals surface area contributed by atoms with Crippen LogP contribution in [0.3, 0.4) is 0 Å². The predicted octanol–water partition coefficient (Wildman–Crippen LogP) is 2.51. The molecule has 8 heteroatoms. The minimum Gasteiger partial charge on any atom is -0.393 e. The Labute approximate surface area is 152 Å². The molecule has 4 N–H and O–H groups in total. The lowest BCUT2D eigenvalue weighted by Gasteiger charge is -2.26. The molecule has 134 valence electrons. The van der Waals surface area contributed by atoms with Crippen molar-refractivity contribution in [2.24, 2.45) is 0 Å². The van der Waals surface area contributed by atoms with Crippen LogP contribution in [0.1, 0.15) is 5.56 Å². The van der Waals surface area contributed by atoms with Crippen LogP contribution in [0.4, 0.5) is 23.0 Å². The molecule has 1 fully saturated rings. The molecule has 1 saturated heterocycles. The molecule has 25 heavy (non-hydrogen) atoms. The summed E-state index contributed by atoms with van der Waals surface area (Å²) in [4.78, 5) is 10.8. The van der Waals surface area contributed by atoms with Crippen LogP contribution < -0.4 is 16.4 Å². The van der Waals surface area contributed by atoms with E-state index in [0.717, 1.165) is 50.6 Å². The van der Waals surface area contributed by atoms with Gasteiger partial charge in [-0.25, -0.2) is 9.97 Å². The molecule has 3 rings (SSSR count). The number of ether oxygens (including phenoxy) is 1. The average Bonchev–Trinajstić information content (AvgIpc) is 2.62. The van der Waals surface area contributed by atoms with Crippen molar-refractivity contribution < 1.29 is 4.74 Å². The van der Waals surface area contributed by atoms with Crippen LogP contribution in [0.2, 0.25) is 5.02 Å². The second kappa shape index (κ2) is 8.33. The molecular formula is C17H23ClN6O. The van der Waals surface area contributed by atoms with E-state index >= 15 is 0 Å². The van der Waals surface area contributed by atoms with E-state index in [1.165, 1.54) is 6.33 Å². The van der Waals surface area contributed by atoms with Crippen LogP contribution in [0.15, 0.2) is 24.5 Å². The maximum atomic E-state index is 6.22. The fraction of sp³-hybridized carbons (Fsp3) is 0.412. The van der Waals surface area contributed by atoms with Crippen molar-refractivity contribution in [3.8, 4) is 0 Å². The topological polar surface area (TPSA) is 88.3 Å². The first-order valence-electron chi connectivity index (χ1n) is 8.31. The number of nitrogens with two attached hydrogens (primary N) is 1. The first-order chi connectivity index (χ1) is 12.1. The van der Waals surface area contributed by atoms with E-state index in [0.29, 0.717) is 22.3 Å². The predicted molar refractivity (Wildman–Crippen MR) is 102 cm³/mol. The Hall–Kier alpha value is -2.09. The highest BCUT2D eigenvalue weighted by atomic mass is 35.5. The summed E-state index contributed by atoms with van der Waals surface area (Å²) in [5.74, 6) is 1.19. The van der Waals surface area contributed by atoms with Crippen LogP contribution in [0, 0.1) is 6.92 Å². The fourth-order valence-corrected chi connectivity index (χ4v) is 2.82. The van der Waals surface area contributed by atoms with E-state index in [1.807, 2.05) is 25.1 Å². The molecule has 2 aromatic rings. The molecule has 1 aromatic heterocycles. The van der Waals surface area contributed by atoms with Crippen molar-refractivity contribution in [2.75, 3.05) is 55.8 Å². The summed E-state index contributed by atoms with van der Waals surface area (Å²) in [7, 11) is 0. The lowest BCUT2D eigenvalue weighted by Crippen LogP contribution is -2.39. The van der Waals surface area contributed by atoms with Crippen LogP contribution in [0.5, 0.6) is 0 Å². The number of nitrogens with one attached hydrogen (secondary N) is 2. The summed E-state index contributed by atoms with van der Waals surface area (Å²) in [5.41, 5.74) is 8.64. The highest BCUT2D eigenvalue weighted by molar-refractivity contribution is 6.30. The van der Waals surface area contributed by atoms with Gasteiger partial charge in [-0.1, -0.05) is 17.7 Å². The number of hydrogen-bond donors (Lipinski definition) is 3. The minimum absolute atomic E-state index is 0.490. The maximum Gasteiger partial charge on any atom is 0.159 e. The smallest absolute Gasteiger partial charge is 0.159 e. The van der Waals surface area contributed by atoms with Gasteiger partial charge in [-0.2, -0.15) is 0 Å². The van der Waals surface area contributed by atoms with Crippen molar-refractivity contribution in [3.05, 3.63) is 35.1 Å². The molecule has 1 aromatic carbocycles. The highest BCUT2D eigenvalue weighted by Gasteiger charge is 2.12. The van der Waals surface area contributed by atoms with Crippen molar-refractivity contribution in [1.29, 1.82) is 0 Å². The highest BCUT2D eigenvalue weighted by Crippen LogP contribution is 2.28. The maximum absolute atomic E-state index is 6.22. The van der Waals surface area contributed by atoms with Gasteiger partial charge in [-0.05, 0) is 24.6 Å². The van der Waals surface area contributed by atoms with Gasteiger partial charge in [0, 0.05) is 36.9 Å². The Morgan fingerprint density at radius 3 is 2.80 bits per heavy atom. The molecular weight excluding hydrogens is 340 g/mol. The van der Waals surface area contributed by atoms with Gasteiger partial charge in [0.1, 0.15) is 12.0 Å². The molecule has 1 aliphatic rings. The molecule has 2 heterocycles. The first-order valence-corrected chi connectivity index (χ1v) is 8.69. The third-order valence-electron chi connectivity index (χ3n) is 4.16. The quantitative estimate of drug-likeness (QED) is 0.727. The summed E-state index contributed by atoms with van der Waals surface area (Å²) in [6.07, 6.45) is 1.50. The number of nitrogens with zero attached hydrogens (tertiary/aromatic N) is 3. The van der Waals surface area contributed by atoms with E-state index < -0.39 is 0 Å². The number of rotatable bonds is 6. The van der Waals surface area contributed by atoms with Crippen LogP contribution in [0.25, 0.3) is 0 Å². The Morgan fingerprint density at radius 1 is 1.24 bits per heavy atom. The summed E-state index contributed by atoms with van der Waals surface area (Å²) in [5, 5.41) is 7.18. The van der Waals surface area contributed by atoms with E-state index in [-0.39, 0.29) is 0 Å². The number of hydrogen-bond acceptors (Lipinski definition) is 7. The summed E-state index contributed by atoms with van der Waals surface area (Å²) in [6, 6.07) is 5.65. The third kappa shape index (κ3) is 4.72. The van der Waals surface area contributed by atoms with Gasteiger partial charge in [-0.15, -0.1) is 0 Å². The number of aromatic nitrogens is 2. The number of benzene rings is 1. The zero-order valence-corrected chi connectivity index (χ0v) is 15.0. The molecule has 0 radical (unpaired) electrons. The van der Waals surface area contributed by atoms with E-state index in [9.17, 15) is 0 Å².